The molecule has 1 atom stereocenters. The van der Waals surface area contributed by atoms with Gasteiger partial charge in [0, 0.05) is 18.5 Å². The van der Waals surface area contributed by atoms with E-state index in [0.717, 1.165) is 24.2 Å². The Morgan fingerprint density at radius 3 is 2.22 bits per heavy atom. The Balaban J connectivity index is 0.00000648. The van der Waals surface area contributed by atoms with Gasteiger partial charge in [-0.15, -0.1) is 0 Å². The number of nitrogens with one attached hydrogen (secondary N) is 1. The minimum atomic E-state index is -1.02. The molecule has 11 heteroatoms. The number of rotatable bonds is 10. The van der Waals surface area contributed by atoms with Gasteiger partial charge in [0.05, 0.1) is 13.6 Å². The van der Waals surface area contributed by atoms with Crippen molar-refractivity contribution < 1.29 is 57.2 Å². The second-order valence-corrected chi connectivity index (χ2v) is 10.3. The molecule has 0 aliphatic rings. The Hall–Kier alpha value is -2.38. The molecule has 1 aromatic carbocycles. The predicted molar refractivity (Wildman–Crippen MR) is 130 cm³/mol. The van der Waals surface area contributed by atoms with E-state index in [-0.39, 0.29) is 30.6 Å². The number of aryl methyl sites for hydroxylation is 2. The fraction of sp³-hybridized carbons (Fsp3) is 0.560. The number of aromatic nitrogens is 2. The van der Waals surface area contributed by atoms with Crippen LogP contribution in [0.2, 0.25) is 0 Å². The highest BCUT2D eigenvalue weighted by Gasteiger charge is 2.26. The SMILES string of the molecule is C[n+]1cn(CCCNC(=O)OC(C)(C)C)cc1-c1ccc(OC[C@H](ON)C(=O)OC(C)(C)C)cc1.[I-]. The zero-order chi connectivity index (χ0) is 26.2. The molecule has 1 heterocycles. The first-order valence-corrected chi connectivity index (χ1v) is 11.6. The van der Waals surface area contributed by atoms with Gasteiger partial charge in [-0.1, -0.05) is 0 Å². The minimum Gasteiger partial charge on any atom is -1.00 e. The molecule has 0 bridgehead atoms. The third-order valence-corrected chi connectivity index (χ3v) is 4.64. The molecule has 3 N–H and O–H groups in total. The van der Waals surface area contributed by atoms with Crippen molar-refractivity contribution in [2.45, 2.75) is 71.8 Å². The lowest BCUT2D eigenvalue weighted by Gasteiger charge is -2.22. The van der Waals surface area contributed by atoms with Gasteiger partial charge in [-0.05, 0) is 65.8 Å². The molecule has 0 saturated carbocycles. The topological polar surface area (TPSA) is 118 Å². The lowest BCUT2D eigenvalue weighted by molar-refractivity contribution is -0.660. The van der Waals surface area contributed by atoms with E-state index in [0.29, 0.717) is 12.3 Å². The molecule has 0 aliphatic carbocycles. The molecule has 0 saturated heterocycles. The van der Waals surface area contributed by atoms with Gasteiger partial charge in [-0.3, -0.25) is 4.84 Å². The van der Waals surface area contributed by atoms with Gasteiger partial charge in [-0.2, -0.15) is 0 Å². The standard InChI is InChI=1S/C25H38N4O6.HI/c1-24(2,3)33-22(30)21(35-26)16-32-19-11-9-18(10-12-19)20-15-29(17-28(20)7)14-8-13-27-23(31)34-25(4,5)6;/h9-12,15,17,21H,8,13-14,16,26H2,1-7H3;1H/t21-;/m0./s1. The molecule has 1 amide bonds. The molecule has 1 aromatic heterocycles. The number of nitrogens with zero attached hydrogens (tertiary/aromatic N) is 2. The van der Waals surface area contributed by atoms with Crippen molar-refractivity contribution in [3.05, 3.63) is 36.8 Å². The Morgan fingerprint density at radius 2 is 1.67 bits per heavy atom. The highest BCUT2D eigenvalue weighted by molar-refractivity contribution is 5.75. The summed E-state index contributed by atoms with van der Waals surface area (Å²) in [7, 11) is 1.97. The highest BCUT2D eigenvalue weighted by Crippen LogP contribution is 2.20. The zero-order valence-corrected chi connectivity index (χ0v) is 24.3. The van der Waals surface area contributed by atoms with Crippen LogP contribution in [0.25, 0.3) is 11.3 Å². The van der Waals surface area contributed by atoms with E-state index in [4.69, 9.17) is 24.9 Å². The highest BCUT2D eigenvalue weighted by atomic mass is 127. The molecule has 0 aliphatic heterocycles. The molecule has 0 spiro atoms. The number of carbonyl (C=O) groups excluding carboxylic acids is 2. The largest absolute Gasteiger partial charge is 1.00 e. The number of halogens is 1. The summed E-state index contributed by atoms with van der Waals surface area (Å²) in [5.41, 5.74) is 0.875. The first kappa shape index (κ1) is 31.6. The van der Waals surface area contributed by atoms with Gasteiger partial charge in [0.2, 0.25) is 12.4 Å². The smallest absolute Gasteiger partial charge is 0.407 e. The maximum absolute atomic E-state index is 12.1. The summed E-state index contributed by atoms with van der Waals surface area (Å²) >= 11 is 0. The van der Waals surface area contributed by atoms with Gasteiger partial charge in [0.25, 0.3) is 0 Å². The number of amides is 1. The average molecular weight is 619 g/mol. The van der Waals surface area contributed by atoms with Crippen molar-refractivity contribution in [1.82, 2.24) is 9.88 Å². The fourth-order valence-corrected chi connectivity index (χ4v) is 3.16. The van der Waals surface area contributed by atoms with Crippen LogP contribution in [0.1, 0.15) is 48.0 Å². The second-order valence-electron chi connectivity index (χ2n) is 10.3. The summed E-state index contributed by atoms with van der Waals surface area (Å²) in [6.07, 6.45) is 3.38. The van der Waals surface area contributed by atoms with Crippen LogP contribution in [0.5, 0.6) is 5.75 Å². The number of alkyl carbamates (subject to hydrolysis) is 1. The first-order chi connectivity index (χ1) is 16.3. The summed E-state index contributed by atoms with van der Waals surface area (Å²) in [5.74, 6) is 5.25. The maximum Gasteiger partial charge on any atom is 0.407 e. The molecule has 10 nitrogen and oxygen atoms in total. The summed E-state index contributed by atoms with van der Waals surface area (Å²) < 4.78 is 20.3. The summed E-state index contributed by atoms with van der Waals surface area (Å²) in [6.45, 7) is 12.0. The molecule has 0 radical (unpaired) electrons. The number of hydrogen-bond donors (Lipinski definition) is 2. The van der Waals surface area contributed by atoms with Gasteiger partial charge < -0.3 is 43.5 Å². The quantitative estimate of drug-likeness (QED) is 0.125. The number of imidazole rings is 1. The third-order valence-electron chi connectivity index (χ3n) is 4.64. The van der Waals surface area contributed by atoms with E-state index in [2.05, 4.69) is 9.88 Å². The number of ether oxygens (including phenoxy) is 3. The molecule has 2 rings (SSSR count). The van der Waals surface area contributed by atoms with E-state index in [1.165, 1.54) is 0 Å². The van der Waals surface area contributed by atoms with Crippen molar-refractivity contribution >= 4 is 12.1 Å². The van der Waals surface area contributed by atoms with Crippen LogP contribution >= 0.6 is 0 Å². The Bertz CT molecular complexity index is 980. The maximum atomic E-state index is 12.1. The van der Waals surface area contributed by atoms with Crippen molar-refractivity contribution in [2.24, 2.45) is 12.9 Å². The predicted octanol–water partition coefficient (Wildman–Crippen LogP) is -0.122. The van der Waals surface area contributed by atoms with Gasteiger partial charge in [-0.25, -0.2) is 24.6 Å². The normalized spacial score (nSPS) is 12.3. The molecule has 0 fully saturated rings. The first-order valence-electron chi connectivity index (χ1n) is 11.6. The molecule has 2 aromatic rings. The summed E-state index contributed by atoms with van der Waals surface area (Å²) in [4.78, 5) is 28.6. The van der Waals surface area contributed by atoms with Crippen LogP contribution in [-0.2, 0) is 32.7 Å². The number of nitrogens with two attached hydrogens (primary N) is 1. The molecular formula is C25H39IN4O6. The van der Waals surface area contributed by atoms with E-state index in [9.17, 15) is 9.59 Å². The number of benzene rings is 1. The van der Waals surface area contributed by atoms with Crippen molar-refractivity contribution in [2.75, 3.05) is 13.2 Å². The Morgan fingerprint density at radius 1 is 1.06 bits per heavy atom. The van der Waals surface area contributed by atoms with Gasteiger partial charge in [0.15, 0.2) is 5.69 Å². The molecule has 202 valence electrons. The van der Waals surface area contributed by atoms with E-state index >= 15 is 0 Å². The van der Waals surface area contributed by atoms with Crippen molar-refractivity contribution in [3.8, 4) is 17.0 Å². The lowest BCUT2D eigenvalue weighted by Crippen LogP contribution is -3.00. The van der Waals surface area contributed by atoms with Crippen LogP contribution in [0.4, 0.5) is 4.79 Å². The summed E-state index contributed by atoms with van der Waals surface area (Å²) in [5, 5.41) is 2.77. The van der Waals surface area contributed by atoms with E-state index < -0.39 is 29.4 Å². The monoisotopic (exact) mass is 618 g/mol. The summed E-state index contributed by atoms with van der Waals surface area (Å²) in [6, 6.07) is 7.51. The molecule has 0 unspecified atom stereocenters. The van der Waals surface area contributed by atoms with Crippen molar-refractivity contribution in [3.63, 3.8) is 0 Å². The van der Waals surface area contributed by atoms with Gasteiger partial charge >= 0.3 is 12.1 Å². The lowest BCUT2D eigenvalue weighted by atomic mass is 10.1. The van der Waals surface area contributed by atoms with Crippen LogP contribution < -0.4 is 44.5 Å². The zero-order valence-electron chi connectivity index (χ0n) is 22.2. The van der Waals surface area contributed by atoms with Crippen LogP contribution in [-0.4, -0.2) is 47.1 Å². The Labute approximate surface area is 230 Å². The van der Waals surface area contributed by atoms with Crippen LogP contribution in [0, 0.1) is 0 Å². The Kier molecular flexibility index (Phi) is 12.1. The average Bonchev–Trinajstić information content (AvgIpc) is 3.10. The fourth-order valence-electron chi connectivity index (χ4n) is 3.16. The van der Waals surface area contributed by atoms with E-state index in [1.54, 1.807) is 20.8 Å². The van der Waals surface area contributed by atoms with Crippen LogP contribution in [0.15, 0.2) is 36.8 Å². The van der Waals surface area contributed by atoms with Gasteiger partial charge in [0.1, 0.15) is 29.8 Å². The van der Waals surface area contributed by atoms with Crippen LogP contribution in [0.3, 0.4) is 0 Å². The number of esters is 1. The molecular weight excluding hydrogens is 579 g/mol. The number of carbonyl (C=O) groups is 2. The molecule has 36 heavy (non-hydrogen) atoms. The minimum absolute atomic E-state index is 0. The van der Waals surface area contributed by atoms with E-state index in [1.807, 2.05) is 69.2 Å². The third kappa shape index (κ3) is 11.1. The number of hydrogen-bond acceptors (Lipinski definition) is 7. The van der Waals surface area contributed by atoms with Crippen molar-refractivity contribution in [1.29, 1.82) is 0 Å². The second kappa shape index (κ2) is 13.8.